The maximum atomic E-state index is 14.6. The van der Waals surface area contributed by atoms with Crippen LogP contribution in [0.3, 0.4) is 0 Å². The zero-order valence-electron chi connectivity index (χ0n) is 23.0. The highest BCUT2D eigenvalue weighted by Crippen LogP contribution is 2.31. The fraction of sp³-hybridized carbons (Fsp3) is 0.467. The van der Waals surface area contributed by atoms with Crippen LogP contribution >= 0.6 is 0 Å². The van der Waals surface area contributed by atoms with E-state index in [4.69, 9.17) is 5.73 Å². The molecular weight excluding hydrogens is 527 g/mol. The molecule has 0 spiro atoms. The molecule has 216 valence electrons. The van der Waals surface area contributed by atoms with Crippen molar-refractivity contribution in [3.05, 3.63) is 58.9 Å². The topological polar surface area (TPSA) is 119 Å². The van der Waals surface area contributed by atoms with Crippen LogP contribution < -0.4 is 20.9 Å². The maximum absolute atomic E-state index is 14.6. The molecule has 4 aliphatic heterocycles. The first-order chi connectivity index (χ1) is 19.8. The van der Waals surface area contributed by atoms with Gasteiger partial charge in [-0.1, -0.05) is 0 Å². The summed E-state index contributed by atoms with van der Waals surface area (Å²) < 4.78 is 14.6. The summed E-state index contributed by atoms with van der Waals surface area (Å²) >= 11 is 0. The van der Waals surface area contributed by atoms with Crippen molar-refractivity contribution in [1.82, 2.24) is 15.1 Å². The molecule has 4 amide bonds. The number of nitrogens with zero attached hydrogens (tertiary/aromatic N) is 4. The number of benzene rings is 2. The van der Waals surface area contributed by atoms with Gasteiger partial charge in [0.15, 0.2) is 0 Å². The molecule has 1 atom stereocenters. The molecule has 3 saturated heterocycles. The molecule has 0 unspecified atom stereocenters. The molecule has 0 bridgehead atoms. The number of amides is 4. The lowest BCUT2D eigenvalue weighted by Gasteiger charge is -2.40. The number of rotatable bonds is 6. The zero-order chi connectivity index (χ0) is 28.7. The van der Waals surface area contributed by atoms with Crippen molar-refractivity contribution in [1.29, 1.82) is 0 Å². The van der Waals surface area contributed by atoms with E-state index in [0.717, 1.165) is 69.9 Å². The van der Waals surface area contributed by atoms with Gasteiger partial charge in [0, 0.05) is 75.6 Å². The predicted molar refractivity (Wildman–Crippen MR) is 151 cm³/mol. The van der Waals surface area contributed by atoms with E-state index in [9.17, 15) is 23.6 Å². The second kappa shape index (κ2) is 11.1. The standard InChI is InChI=1S/C30H35FN6O4/c31-24-16-20(28(32)39)1-4-25(24)36-9-7-19(8-10-36)17-34-11-13-35(14-12-34)22-2-3-23-21(15-22)18-37(30(23)41)26-5-6-27(38)33-29(26)40/h1-4,15-16,19,26H,5-14,17-18H2,(H2,32,39)(H,33,38,40)/t26-/m0/s1. The summed E-state index contributed by atoms with van der Waals surface area (Å²) in [7, 11) is 0. The summed E-state index contributed by atoms with van der Waals surface area (Å²) in [6.45, 7) is 6.63. The second-order valence-corrected chi connectivity index (χ2v) is 11.5. The van der Waals surface area contributed by atoms with Crippen LogP contribution in [0.4, 0.5) is 15.8 Å². The molecule has 2 aromatic carbocycles. The Balaban J connectivity index is 0.993. The van der Waals surface area contributed by atoms with Gasteiger partial charge >= 0.3 is 0 Å². The number of anilines is 2. The number of hydrogen-bond donors (Lipinski definition) is 2. The molecule has 4 aliphatic rings. The Morgan fingerprint density at radius 1 is 0.927 bits per heavy atom. The Morgan fingerprint density at radius 3 is 2.37 bits per heavy atom. The van der Waals surface area contributed by atoms with E-state index in [1.54, 1.807) is 17.0 Å². The number of piperazine rings is 1. The number of carbonyl (C=O) groups excluding carboxylic acids is 4. The second-order valence-electron chi connectivity index (χ2n) is 11.5. The number of nitrogens with one attached hydrogen (secondary N) is 1. The minimum absolute atomic E-state index is 0.151. The van der Waals surface area contributed by atoms with Crippen LogP contribution in [0.2, 0.25) is 0 Å². The number of imide groups is 1. The van der Waals surface area contributed by atoms with Crippen molar-refractivity contribution in [3.8, 4) is 0 Å². The summed E-state index contributed by atoms with van der Waals surface area (Å²) in [5.74, 6) is -1.31. The monoisotopic (exact) mass is 562 g/mol. The van der Waals surface area contributed by atoms with Gasteiger partial charge in [-0.05, 0) is 67.1 Å². The number of halogens is 1. The van der Waals surface area contributed by atoms with Crippen molar-refractivity contribution in [2.24, 2.45) is 11.7 Å². The fourth-order valence-corrected chi connectivity index (χ4v) is 6.58. The predicted octanol–water partition coefficient (Wildman–Crippen LogP) is 1.72. The number of hydrogen-bond acceptors (Lipinski definition) is 7. The Labute approximate surface area is 238 Å². The normalized spacial score (nSPS) is 22.2. The smallest absolute Gasteiger partial charge is 0.255 e. The van der Waals surface area contributed by atoms with Crippen LogP contribution in [0.1, 0.15) is 52.0 Å². The summed E-state index contributed by atoms with van der Waals surface area (Å²) in [5, 5.41) is 2.35. The van der Waals surface area contributed by atoms with Gasteiger partial charge in [0.2, 0.25) is 17.7 Å². The molecule has 11 heteroatoms. The van der Waals surface area contributed by atoms with Crippen molar-refractivity contribution < 1.29 is 23.6 Å². The van der Waals surface area contributed by atoms with Gasteiger partial charge in [-0.25, -0.2) is 4.39 Å². The van der Waals surface area contributed by atoms with Crippen molar-refractivity contribution >= 4 is 35.0 Å². The number of fused-ring (bicyclic) bond motifs is 1. The van der Waals surface area contributed by atoms with E-state index in [-0.39, 0.29) is 23.8 Å². The molecule has 4 heterocycles. The number of carbonyl (C=O) groups is 4. The van der Waals surface area contributed by atoms with E-state index in [2.05, 4.69) is 26.1 Å². The highest BCUT2D eigenvalue weighted by molar-refractivity contribution is 6.05. The average Bonchev–Trinajstić information content (AvgIpc) is 3.29. The van der Waals surface area contributed by atoms with Gasteiger partial charge in [-0.2, -0.15) is 0 Å². The van der Waals surface area contributed by atoms with Crippen LogP contribution in [0.25, 0.3) is 0 Å². The van der Waals surface area contributed by atoms with Crippen LogP contribution in [0, 0.1) is 11.7 Å². The van der Waals surface area contributed by atoms with Crippen LogP contribution in [-0.4, -0.2) is 85.3 Å². The summed E-state index contributed by atoms with van der Waals surface area (Å²) in [6, 6.07) is 9.77. The summed E-state index contributed by atoms with van der Waals surface area (Å²) in [6.07, 6.45) is 2.58. The Morgan fingerprint density at radius 2 is 1.68 bits per heavy atom. The van der Waals surface area contributed by atoms with Gasteiger partial charge in [-0.3, -0.25) is 29.4 Å². The number of primary amides is 1. The summed E-state index contributed by atoms with van der Waals surface area (Å²) in [5.41, 5.74) is 8.61. The molecule has 0 aliphatic carbocycles. The lowest BCUT2D eigenvalue weighted by Crippen LogP contribution is -2.52. The van der Waals surface area contributed by atoms with Gasteiger partial charge < -0.3 is 20.4 Å². The molecule has 2 aromatic rings. The van der Waals surface area contributed by atoms with Crippen molar-refractivity contribution in [2.75, 3.05) is 55.6 Å². The molecule has 3 N–H and O–H groups in total. The van der Waals surface area contributed by atoms with E-state index >= 15 is 0 Å². The van der Waals surface area contributed by atoms with Crippen molar-refractivity contribution in [3.63, 3.8) is 0 Å². The average molecular weight is 563 g/mol. The van der Waals surface area contributed by atoms with Crippen LogP contribution in [0.15, 0.2) is 36.4 Å². The number of nitrogens with two attached hydrogens (primary N) is 1. The van der Waals surface area contributed by atoms with Gasteiger partial charge in [0.25, 0.3) is 5.91 Å². The highest BCUT2D eigenvalue weighted by Gasteiger charge is 2.39. The van der Waals surface area contributed by atoms with Gasteiger partial charge in [0.1, 0.15) is 11.9 Å². The molecule has 0 saturated carbocycles. The molecular formula is C30H35FN6O4. The Bertz CT molecular complexity index is 1380. The zero-order valence-corrected chi connectivity index (χ0v) is 23.0. The van der Waals surface area contributed by atoms with E-state index in [0.29, 0.717) is 30.1 Å². The summed E-state index contributed by atoms with van der Waals surface area (Å²) in [4.78, 5) is 56.7. The van der Waals surface area contributed by atoms with Crippen LogP contribution in [-0.2, 0) is 16.1 Å². The third kappa shape index (κ3) is 5.50. The lowest BCUT2D eigenvalue weighted by molar-refractivity contribution is -0.136. The van der Waals surface area contributed by atoms with Gasteiger partial charge in [0.05, 0.1) is 5.69 Å². The van der Waals surface area contributed by atoms with E-state index < -0.39 is 23.7 Å². The molecule has 10 nitrogen and oxygen atoms in total. The Hall–Kier alpha value is -3.99. The Kier molecular flexibility index (Phi) is 7.37. The largest absolute Gasteiger partial charge is 0.369 e. The minimum atomic E-state index is -0.628. The fourth-order valence-electron chi connectivity index (χ4n) is 6.58. The van der Waals surface area contributed by atoms with Crippen molar-refractivity contribution in [2.45, 2.75) is 38.3 Å². The quantitative estimate of drug-likeness (QED) is 0.515. The first-order valence-corrected chi connectivity index (χ1v) is 14.4. The molecule has 6 rings (SSSR count). The maximum Gasteiger partial charge on any atom is 0.255 e. The first-order valence-electron chi connectivity index (χ1n) is 14.4. The molecule has 0 radical (unpaired) electrons. The first kappa shape index (κ1) is 27.2. The molecule has 41 heavy (non-hydrogen) atoms. The minimum Gasteiger partial charge on any atom is -0.369 e. The third-order valence-corrected chi connectivity index (χ3v) is 8.95. The molecule has 3 fully saturated rings. The van der Waals surface area contributed by atoms with E-state index in [1.165, 1.54) is 6.07 Å². The van der Waals surface area contributed by atoms with Crippen LogP contribution in [0.5, 0.6) is 0 Å². The SMILES string of the molecule is NC(=O)c1ccc(N2CCC(CN3CCN(c4ccc5c(c4)CN([C@H]4CCC(=O)NC4=O)C5=O)CC3)CC2)c(F)c1. The van der Waals surface area contributed by atoms with Gasteiger partial charge in [-0.15, -0.1) is 0 Å². The third-order valence-electron chi connectivity index (χ3n) is 8.95. The molecule has 0 aromatic heterocycles. The lowest BCUT2D eigenvalue weighted by atomic mass is 9.95. The number of piperidine rings is 2. The highest BCUT2D eigenvalue weighted by atomic mass is 19.1. The van der Waals surface area contributed by atoms with E-state index in [1.807, 2.05) is 12.1 Å².